The van der Waals surface area contributed by atoms with E-state index in [1.54, 1.807) is 33.7 Å². The van der Waals surface area contributed by atoms with Gasteiger partial charge >= 0.3 is 0 Å². The molecule has 0 aliphatic carbocycles. The van der Waals surface area contributed by atoms with Gasteiger partial charge in [0.25, 0.3) is 0 Å². The first-order valence-electron chi connectivity index (χ1n) is 9.41. The van der Waals surface area contributed by atoms with Crippen molar-refractivity contribution < 1.29 is 8.42 Å². The molecule has 1 atom stereocenters. The maximum Gasteiger partial charge on any atom is 0.240 e. The molecule has 0 bridgehead atoms. The molecule has 0 spiro atoms. The minimum atomic E-state index is -3.57. The summed E-state index contributed by atoms with van der Waals surface area (Å²) in [6, 6.07) is 25.1. The summed E-state index contributed by atoms with van der Waals surface area (Å²) in [5.74, 6) is 0.665. The number of aryl methyl sites for hydroxylation is 2. The quantitative estimate of drug-likeness (QED) is 0.435. The first kappa shape index (κ1) is 22.0. The third-order valence-corrected chi connectivity index (χ3v) is 8.42. The average Bonchev–Trinajstić information content (AvgIpc) is 2.70. The molecule has 29 heavy (non-hydrogen) atoms. The summed E-state index contributed by atoms with van der Waals surface area (Å²) < 4.78 is 28.7. The van der Waals surface area contributed by atoms with Crippen LogP contribution in [0, 0.1) is 13.8 Å². The zero-order valence-electron chi connectivity index (χ0n) is 16.5. The molecule has 0 heterocycles. The molecule has 0 fully saturated rings. The molecule has 0 radical (unpaired) electrons. The minimum Gasteiger partial charge on any atom is -0.207 e. The molecular weight excluding hydrogens is 418 g/mol. The number of nitrogens with one attached hydrogen (secondary N) is 1. The van der Waals surface area contributed by atoms with Gasteiger partial charge < -0.3 is 0 Å². The van der Waals surface area contributed by atoms with Gasteiger partial charge in [0.1, 0.15) is 0 Å². The predicted octanol–water partition coefficient (Wildman–Crippen LogP) is 5.63. The Bertz CT molecular complexity index is 1000. The van der Waals surface area contributed by atoms with Gasteiger partial charge in [0.15, 0.2) is 0 Å². The Morgan fingerprint density at radius 2 is 1.41 bits per heavy atom. The van der Waals surface area contributed by atoms with Crippen molar-refractivity contribution in [1.29, 1.82) is 0 Å². The predicted molar refractivity (Wildman–Crippen MR) is 125 cm³/mol. The Morgan fingerprint density at radius 1 is 0.828 bits per heavy atom. The largest absolute Gasteiger partial charge is 0.240 e. The fraction of sp³-hybridized carbons (Fsp3) is 0.217. The van der Waals surface area contributed by atoms with Gasteiger partial charge in [-0.15, -0.1) is 0 Å². The molecule has 0 aliphatic rings. The van der Waals surface area contributed by atoms with Crippen molar-refractivity contribution in [2.24, 2.45) is 0 Å². The van der Waals surface area contributed by atoms with E-state index in [1.807, 2.05) is 49.4 Å². The number of sulfonamides is 1. The van der Waals surface area contributed by atoms with Gasteiger partial charge in [-0.3, -0.25) is 0 Å². The van der Waals surface area contributed by atoms with Crippen LogP contribution < -0.4 is 4.72 Å². The standard InChI is InChI=1S/C23H25NO2S3/c1-18-8-12-22(13-9-18)28-27-17-21(16-20-6-4-3-5-7-20)24-29(25,26)23-14-10-19(2)11-15-23/h3-15,21,24H,16-17H2,1-2H3/t21-/m0/s1. The summed E-state index contributed by atoms with van der Waals surface area (Å²) in [6.45, 7) is 4.01. The van der Waals surface area contributed by atoms with Crippen LogP contribution in [0.15, 0.2) is 88.7 Å². The maximum absolute atomic E-state index is 12.9. The zero-order valence-corrected chi connectivity index (χ0v) is 19.0. The van der Waals surface area contributed by atoms with Crippen LogP contribution in [0.3, 0.4) is 0 Å². The van der Waals surface area contributed by atoms with E-state index < -0.39 is 10.0 Å². The molecule has 0 aromatic heterocycles. The third-order valence-electron chi connectivity index (χ3n) is 4.42. The van der Waals surface area contributed by atoms with Gasteiger partial charge in [0.2, 0.25) is 10.0 Å². The Morgan fingerprint density at radius 3 is 2.03 bits per heavy atom. The molecule has 0 amide bonds. The van der Waals surface area contributed by atoms with Crippen LogP contribution in [0.25, 0.3) is 0 Å². The summed E-state index contributed by atoms with van der Waals surface area (Å²) in [4.78, 5) is 1.47. The van der Waals surface area contributed by atoms with Crippen molar-refractivity contribution >= 4 is 31.6 Å². The highest BCUT2D eigenvalue weighted by molar-refractivity contribution is 8.76. The molecular formula is C23H25NO2S3. The lowest BCUT2D eigenvalue weighted by Gasteiger charge is -2.19. The van der Waals surface area contributed by atoms with E-state index in [0.29, 0.717) is 17.1 Å². The maximum atomic E-state index is 12.9. The molecule has 152 valence electrons. The zero-order chi connectivity index (χ0) is 20.7. The second-order valence-electron chi connectivity index (χ2n) is 7.00. The number of rotatable bonds is 9. The molecule has 0 saturated heterocycles. The second kappa shape index (κ2) is 10.3. The van der Waals surface area contributed by atoms with Gasteiger partial charge in [-0.2, -0.15) is 0 Å². The molecule has 3 nitrogen and oxygen atoms in total. The molecule has 0 saturated carbocycles. The highest BCUT2D eigenvalue weighted by atomic mass is 33.1. The highest BCUT2D eigenvalue weighted by Crippen LogP contribution is 2.32. The number of hydrogen-bond acceptors (Lipinski definition) is 4. The van der Waals surface area contributed by atoms with Crippen molar-refractivity contribution in [2.75, 3.05) is 5.75 Å². The van der Waals surface area contributed by atoms with Gasteiger partial charge in [0.05, 0.1) is 4.90 Å². The smallest absolute Gasteiger partial charge is 0.207 e. The minimum absolute atomic E-state index is 0.202. The monoisotopic (exact) mass is 443 g/mol. The summed E-state index contributed by atoms with van der Waals surface area (Å²) in [6.07, 6.45) is 0.646. The summed E-state index contributed by atoms with van der Waals surface area (Å²) >= 11 is 0. The number of hydrogen-bond donors (Lipinski definition) is 1. The lowest BCUT2D eigenvalue weighted by Crippen LogP contribution is -2.38. The van der Waals surface area contributed by atoms with Crippen LogP contribution in [-0.2, 0) is 16.4 Å². The Balaban J connectivity index is 1.69. The summed E-state index contributed by atoms with van der Waals surface area (Å²) in [5, 5.41) is 0. The first-order chi connectivity index (χ1) is 13.9. The van der Waals surface area contributed by atoms with Crippen LogP contribution in [0.5, 0.6) is 0 Å². The number of benzene rings is 3. The molecule has 3 rings (SSSR count). The van der Waals surface area contributed by atoms with Crippen molar-refractivity contribution in [3.05, 3.63) is 95.6 Å². The Kier molecular flexibility index (Phi) is 7.84. The molecule has 0 unspecified atom stereocenters. The topological polar surface area (TPSA) is 46.2 Å². The van der Waals surface area contributed by atoms with Gasteiger partial charge in [0, 0.05) is 16.7 Å². The van der Waals surface area contributed by atoms with Crippen LogP contribution >= 0.6 is 21.6 Å². The van der Waals surface area contributed by atoms with Gasteiger partial charge in [-0.1, -0.05) is 87.3 Å². The fourth-order valence-corrected chi connectivity index (χ4v) is 6.41. The van der Waals surface area contributed by atoms with Crippen molar-refractivity contribution in [3.8, 4) is 0 Å². The van der Waals surface area contributed by atoms with Crippen molar-refractivity contribution in [2.45, 2.75) is 36.1 Å². The van der Waals surface area contributed by atoms with E-state index in [1.165, 1.54) is 10.5 Å². The summed E-state index contributed by atoms with van der Waals surface area (Å²) in [7, 11) is -0.228. The second-order valence-corrected chi connectivity index (χ2v) is 11.1. The first-order valence-corrected chi connectivity index (χ1v) is 13.2. The lowest BCUT2D eigenvalue weighted by atomic mass is 10.1. The van der Waals surface area contributed by atoms with Crippen LogP contribution in [0.1, 0.15) is 16.7 Å². The van der Waals surface area contributed by atoms with E-state index in [2.05, 4.69) is 35.9 Å². The van der Waals surface area contributed by atoms with Gasteiger partial charge in [-0.05, 0) is 50.1 Å². The SMILES string of the molecule is Cc1ccc(SSC[C@H](Cc2ccccc2)NS(=O)(=O)c2ccc(C)cc2)cc1. The van der Waals surface area contributed by atoms with E-state index >= 15 is 0 Å². The Labute approximate surface area is 181 Å². The van der Waals surface area contributed by atoms with Crippen LogP contribution in [-0.4, -0.2) is 20.2 Å². The molecule has 3 aromatic carbocycles. The molecule has 3 aromatic rings. The fourth-order valence-electron chi connectivity index (χ4n) is 2.82. The van der Waals surface area contributed by atoms with E-state index in [4.69, 9.17) is 0 Å². The average molecular weight is 444 g/mol. The molecule has 1 N–H and O–H groups in total. The van der Waals surface area contributed by atoms with Gasteiger partial charge in [-0.25, -0.2) is 13.1 Å². The lowest BCUT2D eigenvalue weighted by molar-refractivity contribution is 0.562. The molecule has 0 aliphatic heterocycles. The normalized spacial score (nSPS) is 12.6. The summed E-state index contributed by atoms with van der Waals surface area (Å²) in [5.41, 5.74) is 3.38. The van der Waals surface area contributed by atoms with Crippen LogP contribution in [0.2, 0.25) is 0 Å². The van der Waals surface area contributed by atoms with Crippen LogP contribution in [0.4, 0.5) is 0 Å². The highest BCUT2D eigenvalue weighted by Gasteiger charge is 2.20. The van der Waals surface area contributed by atoms with E-state index in [0.717, 1.165) is 11.1 Å². The third kappa shape index (κ3) is 6.93. The van der Waals surface area contributed by atoms with Crippen molar-refractivity contribution in [3.63, 3.8) is 0 Å². The Hall–Kier alpha value is -1.73. The van der Waals surface area contributed by atoms with E-state index in [-0.39, 0.29) is 6.04 Å². The van der Waals surface area contributed by atoms with Crippen molar-refractivity contribution in [1.82, 2.24) is 4.72 Å². The molecule has 6 heteroatoms. The van der Waals surface area contributed by atoms with E-state index in [9.17, 15) is 8.42 Å².